The predicted molar refractivity (Wildman–Crippen MR) is 62.7 cm³/mol. The first-order valence-corrected chi connectivity index (χ1v) is 6.35. The summed E-state index contributed by atoms with van der Waals surface area (Å²) < 4.78 is 5.21. The van der Waals surface area contributed by atoms with E-state index in [1.807, 2.05) is 6.92 Å². The van der Waals surface area contributed by atoms with E-state index in [4.69, 9.17) is 16.0 Å². The van der Waals surface area contributed by atoms with Crippen LogP contribution in [0.2, 0.25) is 0 Å². The summed E-state index contributed by atoms with van der Waals surface area (Å²) in [7, 11) is 0. The molecule has 0 aromatic carbocycles. The number of alkyl halides is 1. The molecule has 16 heavy (non-hydrogen) atoms. The van der Waals surface area contributed by atoms with Gasteiger partial charge in [0.15, 0.2) is 18.0 Å². The highest BCUT2D eigenvalue weighted by molar-refractivity contribution is 7.99. The van der Waals surface area contributed by atoms with E-state index in [-0.39, 0.29) is 0 Å². The number of halogens is 1. The predicted octanol–water partition coefficient (Wildman–Crippen LogP) is 2.49. The van der Waals surface area contributed by atoms with Gasteiger partial charge < -0.3 is 4.42 Å². The number of thioether (sulfide) groups is 1. The number of nitrogens with zero attached hydrogens (tertiary/aromatic N) is 3. The van der Waals surface area contributed by atoms with E-state index in [2.05, 4.69) is 20.2 Å². The average Bonchev–Trinajstić information content (AvgIpc) is 2.87. The summed E-state index contributed by atoms with van der Waals surface area (Å²) in [5, 5.41) is 7.61. The second-order valence-corrected chi connectivity index (χ2v) is 4.56. The van der Waals surface area contributed by atoms with Crippen molar-refractivity contribution in [2.45, 2.75) is 18.5 Å². The van der Waals surface area contributed by atoms with Gasteiger partial charge in [0.25, 0.3) is 0 Å². The van der Waals surface area contributed by atoms with Crippen molar-refractivity contribution in [1.29, 1.82) is 0 Å². The highest BCUT2D eigenvalue weighted by Crippen LogP contribution is 2.21. The molecule has 0 atom stereocenters. The number of aromatic amines is 1. The van der Waals surface area contributed by atoms with Gasteiger partial charge in [-0.3, -0.25) is 5.10 Å². The summed E-state index contributed by atoms with van der Waals surface area (Å²) in [6.07, 6.45) is 2.34. The largest absolute Gasteiger partial charge is 0.440 e. The van der Waals surface area contributed by atoms with Gasteiger partial charge in [-0.15, -0.1) is 16.7 Å². The molecular formula is C9H11ClN4OS. The van der Waals surface area contributed by atoms with Crippen molar-refractivity contribution in [3.8, 4) is 11.6 Å². The maximum atomic E-state index is 5.59. The molecule has 2 rings (SSSR count). The van der Waals surface area contributed by atoms with E-state index in [1.165, 1.54) is 6.39 Å². The molecule has 0 aliphatic rings. The minimum atomic E-state index is 0.614. The second-order valence-electron chi connectivity index (χ2n) is 3.12. The Bertz CT molecular complexity index is 456. The third-order valence-electron chi connectivity index (χ3n) is 1.93. The molecule has 0 aliphatic heterocycles. The van der Waals surface area contributed by atoms with Crippen molar-refractivity contribution < 1.29 is 4.42 Å². The fraction of sp³-hybridized carbons (Fsp3) is 0.444. The van der Waals surface area contributed by atoms with Crippen LogP contribution < -0.4 is 0 Å². The summed E-state index contributed by atoms with van der Waals surface area (Å²) in [6, 6.07) is 0. The molecule has 2 heterocycles. The van der Waals surface area contributed by atoms with E-state index < -0.39 is 0 Å². The van der Waals surface area contributed by atoms with Crippen LogP contribution in [-0.2, 0) is 0 Å². The fourth-order valence-electron chi connectivity index (χ4n) is 1.16. The molecule has 2 aromatic rings. The quantitative estimate of drug-likeness (QED) is 0.507. The Hall–Kier alpha value is -1.01. The van der Waals surface area contributed by atoms with Gasteiger partial charge in [0.05, 0.1) is 5.69 Å². The third-order valence-corrected chi connectivity index (χ3v) is 3.14. The van der Waals surface area contributed by atoms with Crippen molar-refractivity contribution in [2.24, 2.45) is 0 Å². The molecule has 1 N–H and O–H groups in total. The number of aryl methyl sites for hydroxylation is 1. The number of nitrogens with one attached hydrogen (secondary N) is 1. The van der Waals surface area contributed by atoms with Crippen molar-refractivity contribution in [1.82, 2.24) is 20.2 Å². The molecular weight excluding hydrogens is 248 g/mol. The first-order valence-electron chi connectivity index (χ1n) is 4.83. The van der Waals surface area contributed by atoms with Crippen LogP contribution in [0, 0.1) is 6.92 Å². The lowest BCUT2D eigenvalue weighted by Gasteiger charge is -1.91. The molecule has 0 amide bonds. The summed E-state index contributed by atoms with van der Waals surface area (Å²) in [4.78, 5) is 8.30. The molecule has 0 radical (unpaired) electrons. The zero-order valence-corrected chi connectivity index (χ0v) is 10.3. The second kappa shape index (κ2) is 5.36. The van der Waals surface area contributed by atoms with Gasteiger partial charge in [-0.05, 0) is 13.3 Å². The summed E-state index contributed by atoms with van der Waals surface area (Å²) in [6.45, 7) is 1.86. The normalized spacial score (nSPS) is 10.9. The third kappa shape index (κ3) is 2.56. The first kappa shape index (κ1) is 11.5. The van der Waals surface area contributed by atoms with Crippen molar-refractivity contribution >= 4 is 23.4 Å². The van der Waals surface area contributed by atoms with Gasteiger partial charge in [0.2, 0.25) is 5.16 Å². The Kier molecular flexibility index (Phi) is 3.84. The zero-order valence-electron chi connectivity index (χ0n) is 8.73. The SMILES string of the molecule is Cc1ncoc1-c1nc(SCCCCl)n[nH]1. The molecule has 0 unspecified atom stereocenters. The Balaban J connectivity index is 2.05. The Morgan fingerprint density at radius 3 is 3.12 bits per heavy atom. The summed E-state index contributed by atoms with van der Waals surface area (Å²) in [5.74, 6) is 2.82. The smallest absolute Gasteiger partial charge is 0.208 e. The molecule has 0 aliphatic carbocycles. The van der Waals surface area contributed by atoms with Crippen molar-refractivity contribution in [3.05, 3.63) is 12.1 Å². The lowest BCUT2D eigenvalue weighted by molar-refractivity contribution is 0.567. The molecule has 7 heteroatoms. The fourth-order valence-corrected chi connectivity index (χ4v) is 2.19. The standard InChI is InChI=1S/C9H11ClN4OS/c1-6-7(15-5-11-6)8-12-9(14-13-8)16-4-2-3-10/h5H,2-4H2,1H3,(H,12,13,14). The average molecular weight is 259 g/mol. The highest BCUT2D eigenvalue weighted by Gasteiger charge is 2.12. The molecule has 0 bridgehead atoms. The lowest BCUT2D eigenvalue weighted by atomic mass is 10.3. The topological polar surface area (TPSA) is 67.6 Å². The molecule has 0 saturated carbocycles. The minimum Gasteiger partial charge on any atom is -0.440 e. The van der Waals surface area contributed by atoms with E-state index in [9.17, 15) is 0 Å². The number of aromatic nitrogens is 4. The molecule has 0 spiro atoms. The van der Waals surface area contributed by atoms with Crippen LogP contribution >= 0.6 is 23.4 Å². The summed E-state index contributed by atoms with van der Waals surface area (Å²) >= 11 is 7.16. The Morgan fingerprint density at radius 2 is 2.44 bits per heavy atom. The number of oxazole rings is 1. The van der Waals surface area contributed by atoms with Crippen LogP contribution in [0.5, 0.6) is 0 Å². The minimum absolute atomic E-state index is 0.614. The Labute approximate surface area is 102 Å². The van der Waals surface area contributed by atoms with Gasteiger partial charge in [0.1, 0.15) is 0 Å². The number of H-pyrrole nitrogens is 1. The highest BCUT2D eigenvalue weighted by atomic mass is 35.5. The maximum absolute atomic E-state index is 5.59. The maximum Gasteiger partial charge on any atom is 0.208 e. The van der Waals surface area contributed by atoms with E-state index >= 15 is 0 Å². The van der Waals surface area contributed by atoms with Crippen molar-refractivity contribution in [3.63, 3.8) is 0 Å². The first-order chi connectivity index (χ1) is 7.81. The number of hydrogen-bond acceptors (Lipinski definition) is 5. The van der Waals surface area contributed by atoms with E-state index in [1.54, 1.807) is 11.8 Å². The molecule has 5 nitrogen and oxygen atoms in total. The van der Waals surface area contributed by atoms with Crippen LogP contribution in [0.25, 0.3) is 11.6 Å². The number of hydrogen-bond donors (Lipinski definition) is 1. The zero-order chi connectivity index (χ0) is 11.4. The van der Waals surface area contributed by atoms with Crippen LogP contribution in [0.4, 0.5) is 0 Å². The lowest BCUT2D eigenvalue weighted by Crippen LogP contribution is -1.83. The van der Waals surface area contributed by atoms with Crippen molar-refractivity contribution in [2.75, 3.05) is 11.6 Å². The van der Waals surface area contributed by atoms with Gasteiger partial charge >= 0.3 is 0 Å². The molecule has 2 aromatic heterocycles. The summed E-state index contributed by atoms with van der Waals surface area (Å²) in [5.41, 5.74) is 0.799. The van der Waals surface area contributed by atoms with Gasteiger partial charge in [-0.1, -0.05) is 11.8 Å². The van der Waals surface area contributed by atoms with Gasteiger partial charge in [0, 0.05) is 11.6 Å². The van der Waals surface area contributed by atoms with Gasteiger partial charge in [-0.2, -0.15) is 4.98 Å². The number of rotatable bonds is 5. The van der Waals surface area contributed by atoms with E-state index in [0.29, 0.717) is 22.6 Å². The van der Waals surface area contributed by atoms with Crippen LogP contribution in [0.3, 0.4) is 0 Å². The Morgan fingerprint density at radius 1 is 1.56 bits per heavy atom. The molecule has 0 saturated heterocycles. The van der Waals surface area contributed by atoms with Gasteiger partial charge in [-0.25, -0.2) is 4.98 Å². The van der Waals surface area contributed by atoms with Crippen LogP contribution in [0.15, 0.2) is 16.0 Å². The monoisotopic (exact) mass is 258 g/mol. The van der Waals surface area contributed by atoms with E-state index in [0.717, 1.165) is 17.9 Å². The molecule has 86 valence electrons. The van der Waals surface area contributed by atoms with Crippen LogP contribution in [0.1, 0.15) is 12.1 Å². The van der Waals surface area contributed by atoms with Crippen LogP contribution in [-0.4, -0.2) is 31.8 Å². The molecule has 0 fully saturated rings.